The predicted octanol–water partition coefficient (Wildman–Crippen LogP) is 1.70. The molecule has 1 rings (SSSR count). The number of carbonyl (C=O) groups is 1. The van der Waals surface area contributed by atoms with Crippen molar-refractivity contribution in [1.29, 1.82) is 0 Å². The fourth-order valence-corrected chi connectivity index (χ4v) is 2.00. The summed E-state index contributed by atoms with van der Waals surface area (Å²) in [5.41, 5.74) is 0.587. The summed E-state index contributed by atoms with van der Waals surface area (Å²) in [6.07, 6.45) is 0. The van der Waals surface area contributed by atoms with E-state index in [2.05, 4.69) is 0 Å². The molecule has 0 aliphatic rings. The lowest BCUT2D eigenvalue weighted by molar-refractivity contribution is -0.384. The molecule has 0 amide bonds. The van der Waals surface area contributed by atoms with Crippen LogP contribution in [0.2, 0.25) is 5.02 Å². The minimum absolute atomic E-state index is 0.0816. The molecule has 0 heterocycles. The van der Waals surface area contributed by atoms with Gasteiger partial charge in [0.1, 0.15) is 0 Å². The second kappa shape index (κ2) is 7.92. The summed E-state index contributed by atoms with van der Waals surface area (Å²) in [5.74, 6) is -0.924. The molecule has 0 unspecified atom stereocenters. The average Bonchev–Trinajstić information content (AvgIpc) is 2.37. The molecule has 1 N–H and O–H groups in total. The van der Waals surface area contributed by atoms with Crippen LogP contribution < -0.4 is 0 Å². The minimum Gasteiger partial charge on any atom is -0.480 e. The number of non-ortho nitro benzene ring substituents is 1. The molecule has 0 aliphatic carbocycles. The number of nitro groups is 1. The molecule has 0 aromatic heterocycles. The maximum atomic E-state index is 10.9. The molecule has 0 saturated carbocycles. The van der Waals surface area contributed by atoms with Gasteiger partial charge in [0.25, 0.3) is 5.69 Å². The first-order chi connectivity index (χ1) is 9.79. The maximum absolute atomic E-state index is 10.9. The van der Waals surface area contributed by atoms with Crippen molar-refractivity contribution in [2.75, 3.05) is 33.7 Å². The SMILES string of the molecule is CN(C)CCN(CC(=O)O)Cc1ccc([N+](=O)[O-])cc1Cl. The van der Waals surface area contributed by atoms with E-state index in [1.807, 2.05) is 19.0 Å². The molecular formula is C13H18ClN3O4. The Kier molecular flexibility index (Phi) is 6.54. The van der Waals surface area contributed by atoms with Gasteiger partial charge in [-0.05, 0) is 25.7 Å². The number of halogens is 1. The van der Waals surface area contributed by atoms with E-state index in [4.69, 9.17) is 16.7 Å². The number of likely N-dealkylation sites (N-methyl/N-ethyl adjacent to an activating group) is 1. The van der Waals surface area contributed by atoms with E-state index in [0.717, 1.165) is 0 Å². The van der Waals surface area contributed by atoms with Gasteiger partial charge in [-0.25, -0.2) is 0 Å². The molecule has 0 spiro atoms. The first kappa shape index (κ1) is 17.4. The zero-order valence-electron chi connectivity index (χ0n) is 12.0. The van der Waals surface area contributed by atoms with Gasteiger partial charge in [0.15, 0.2) is 0 Å². The average molecular weight is 316 g/mol. The monoisotopic (exact) mass is 315 g/mol. The van der Waals surface area contributed by atoms with Crippen LogP contribution in [-0.2, 0) is 11.3 Å². The Morgan fingerprint density at radius 2 is 2.05 bits per heavy atom. The Labute approximate surface area is 127 Å². The highest BCUT2D eigenvalue weighted by atomic mass is 35.5. The predicted molar refractivity (Wildman–Crippen MR) is 79.6 cm³/mol. The van der Waals surface area contributed by atoms with E-state index in [1.54, 1.807) is 11.0 Å². The van der Waals surface area contributed by atoms with Crippen LogP contribution in [0.4, 0.5) is 5.69 Å². The molecule has 0 radical (unpaired) electrons. The molecule has 0 fully saturated rings. The van der Waals surface area contributed by atoms with E-state index in [0.29, 0.717) is 25.2 Å². The van der Waals surface area contributed by atoms with E-state index >= 15 is 0 Å². The lowest BCUT2D eigenvalue weighted by Gasteiger charge is -2.22. The molecular weight excluding hydrogens is 298 g/mol. The molecule has 7 nitrogen and oxygen atoms in total. The summed E-state index contributed by atoms with van der Waals surface area (Å²) in [4.78, 5) is 24.7. The Morgan fingerprint density at radius 3 is 2.52 bits per heavy atom. The Bertz CT molecular complexity index is 522. The number of rotatable bonds is 8. The van der Waals surface area contributed by atoms with Crippen LogP contribution >= 0.6 is 11.6 Å². The Hall–Kier alpha value is -1.70. The summed E-state index contributed by atoms with van der Waals surface area (Å²) in [7, 11) is 3.80. The molecule has 1 aromatic rings. The van der Waals surface area contributed by atoms with Crippen LogP contribution in [0.1, 0.15) is 5.56 Å². The molecule has 8 heteroatoms. The van der Waals surface area contributed by atoms with E-state index in [1.165, 1.54) is 12.1 Å². The van der Waals surface area contributed by atoms with Gasteiger partial charge in [0.2, 0.25) is 0 Å². The van der Waals surface area contributed by atoms with Gasteiger partial charge in [-0.3, -0.25) is 19.8 Å². The van der Waals surface area contributed by atoms with Crippen LogP contribution in [-0.4, -0.2) is 59.5 Å². The largest absolute Gasteiger partial charge is 0.480 e. The summed E-state index contributed by atoms with van der Waals surface area (Å²) in [5, 5.41) is 19.9. The van der Waals surface area contributed by atoms with Crippen molar-refractivity contribution >= 4 is 23.3 Å². The van der Waals surface area contributed by atoms with Crippen molar-refractivity contribution in [1.82, 2.24) is 9.80 Å². The Morgan fingerprint density at radius 1 is 1.38 bits per heavy atom. The van der Waals surface area contributed by atoms with Gasteiger partial charge < -0.3 is 10.0 Å². The normalized spacial score (nSPS) is 11.1. The van der Waals surface area contributed by atoms with Crippen molar-refractivity contribution in [3.05, 3.63) is 38.9 Å². The highest BCUT2D eigenvalue weighted by Crippen LogP contribution is 2.23. The van der Waals surface area contributed by atoms with Gasteiger partial charge in [0, 0.05) is 31.8 Å². The molecule has 116 valence electrons. The third-order valence-corrected chi connectivity index (χ3v) is 3.22. The van der Waals surface area contributed by atoms with Gasteiger partial charge in [-0.2, -0.15) is 0 Å². The first-order valence-corrected chi connectivity index (χ1v) is 6.69. The molecule has 0 bridgehead atoms. The number of aliphatic carboxylic acids is 1. The van der Waals surface area contributed by atoms with Crippen molar-refractivity contribution in [3.8, 4) is 0 Å². The molecule has 0 atom stereocenters. The number of carboxylic acids is 1. The summed E-state index contributed by atoms with van der Waals surface area (Å²) < 4.78 is 0. The van der Waals surface area contributed by atoms with Gasteiger partial charge in [0.05, 0.1) is 16.5 Å². The number of carboxylic acid groups (broad SMARTS) is 1. The smallest absolute Gasteiger partial charge is 0.317 e. The van der Waals surface area contributed by atoms with Crippen molar-refractivity contribution in [3.63, 3.8) is 0 Å². The Balaban J connectivity index is 2.82. The van der Waals surface area contributed by atoms with E-state index in [-0.39, 0.29) is 17.3 Å². The van der Waals surface area contributed by atoms with Crippen molar-refractivity contribution < 1.29 is 14.8 Å². The highest BCUT2D eigenvalue weighted by molar-refractivity contribution is 6.31. The number of hydrogen-bond acceptors (Lipinski definition) is 5. The quantitative estimate of drug-likeness (QED) is 0.580. The van der Waals surface area contributed by atoms with Crippen molar-refractivity contribution in [2.45, 2.75) is 6.54 Å². The lowest BCUT2D eigenvalue weighted by Crippen LogP contribution is -2.35. The molecule has 0 aliphatic heterocycles. The van der Waals surface area contributed by atoms with E-state index in [9.17, 15) is 14.9 Å². The maximum Gasteiger partial charge on any atom is 0.317 e. The second-order valence-corrected chi connectivity index (χ2v) is 5.35. The zero-order valence-corrected chi connectivity index (χ0v) is 12.7. The van der Waals surface area contributed by atoms with Crippen LogP contribution in [0.3, 0.4) is 0 Å². The lowest BCUT2D eigenvalue weighted by atomic mass is 10.2. The van der Waals surface area contributed by atoms with Gasteiger partial charge >= 0.3 is 5.97 Å². The second-order valence-electron chi connectivity index (χ2n) is 4.94. The molecule has 1 aromatic carbocycles. The fourth-order valence-electron chi connectivity index (χ4n) is 1.77. The van der Waals surface area contributed by atoms with Gasteiger partial charge in [-0.1, -0.05) is 11.6 Å². The summed E-state index contributed by atoms with van der Waals surface area (Å²) >= 11 is 6.03. The highest BCUT2D eigenvalue weighted by Gasteiger charge is 2.15. The number of nitro benzene ring substituents is 1. The van der Waals surface area contributed by atoms with Crippen LogP contribution in [0.15, 0.2) is 18.2 Å². The summed E-state index contributed by atoms with van der Waals surface area (Å²) in [6, 6.07) is 4.21. The fraction of sp³-hybridized carbons (Fsp3) is 0.462. The summed E-state index contributed by atoms with van der Waals surface area (Å²) in [6.45, 7) is 1.49. The molecule has 0 saturated heterocycles. The van der Waals surface area contributed by atoms with Crippen LogP contribution in [0.25, 0.3) is 0 Å². The number of benzene rings is 1. The minimum atomic E-state index is -0.924. The topological polar surface area (TPSA) is 86.9 Å². The molecule has 21 heavy (non-hydrogen) atoms. The van der Waals surface area contributed by atoms with Crippen LogP contribution in [0.5, 0.6) is 0 Å². The van der Waals surface area contributed by atoms with Crippen LogP contribution in [0, 0.1) is 10.1 Å². The number of hydrogen-bond donors (Lipinski definition) is 1. The van der Waals surface area contributed by atoms with Crippen molar-refractivity contribution in [2.24, 2.45) is 0 Å². The van der Waals surface area contributed by atoms with E-state index < -0.39 is 10.9 Å². The zero-order chi connectivity index (χ0) is 16.0. The third-order valence-electron chi connectivity index (χ3n) is 2.86. The number of nitrogens with zero attached hydrogens (tertiary/aromatic N) is 3. The first-order valence-electron chi connectivity index (χ1n) is 6.31. The standard InChI is InChI=1S/C13H18ClN3O4/c1-15(2)5-6-16(9-13(18)19)8-10-3-4-11(17(20)21)7-12(10)14/h3-4,7H,5-6,8-9H2,1-2H3,(H,18,19). The third kappa shape index (κ3) is 6.07. The van der Waals surface area contributed by atoms with Gasteiger partial charge in [-0.15, -0.1) is 0 Å².